The highest BCUT2D eigenvalue weighted by Gasteiger charge is 2.01. The number of rotatable bonds is 9. The number of nitrogens with one attached hydrogen (secondary N) is 2. The smallest absolute Gasteiger partial charge is 0.106 e. The van der Waals surface area contributed by atoms with E-state index in [0.29, 0.717) is 0 Å². The molecule has 4 nitrogen and oxygen atoms in total. The highest BCUT2D eigenvalue weighted by Crippen LogP contribution is 2.14. The van der Waals surface area contributed by atoms with Gasteiger partial charge in [-0.2, -0.15) is 0 Å². The van der Waals surface area contributed by atoms with E-state index in [4.69, 9.17) is 0 Å². The molecular weight excluding hydrogens is 260 g/mol. The Morgan fingerprint density at radius 1 is 1.14 bits per heavy atom. The molecule has 2 rings (SSSR count). The Balaban J connectivity index is 1.68. The van der Waals surface area contributed by atoms with E-state index >= 15 is 0 Å². The maximum absolute atomic E-state index is 4.23. The fourth-order valence-corrected chi connectivity index (χ4v) is 2.46. The molecule has 2 N–H and O–H groups in total. The summed E-state index contributed by atoms with van der Waals surface area (Å²) in [5.41, 5.74) is 2.64. The molecule has 21 heavy (non-hydrogen) atoms. The summed E-state index contributed by atoms with van der Waals surface area (Å²) in [5, 5.41) is 3.49. The summed E-state index contributed by atoms with van der Waals surface area (Å²) >= 11 is 0. The fraction of sp³-hybridized carbons (Fsp3) is 0.471. The minimum atomic E-state index is 0.927. The molecule has 0 atom stereocenters. The van der Waals surface area contributed by atoms with Gasteiger partial charge in [0.15, 0.2) is 0 Å². The molecule has 0 bridgehead atoms. The molecule has 0 radical (unpaired) electrons. The van der Waals surface area contributed by atoms with Crippen molar-refractivity contribution in [3.63, 3.8) is 0 Å². The van der Waals surface area contributed by atoms with Crippen molar-refractivity contribution in [3.05, 3.63) is 48.0 Å². The van der Waals surface area contributed by atoms with E-state index < -0.39 is 0 Å². The largest absolute Gasteiger partial charge is 0.372 e. The van der Waals surface area contributed by atoms with Gasteiger partial charge in [0, 0.05) is 44.1 Å². The number of anilines is 1. The van der Waals surface area contributed by atoms with Crippen LogP contribution in [0.1, 0.15) is 31.7 Å². The number of aryl methyl sites for hydroxylation is 1. The Morgan fingerprint density at radius 3 is 2.52 bits per heavy atom. The Kier molecular flexibility index (Phi) is 6.28. The van der Waals surface area contributed by atoms with Crippen molar-refractivity contribution in [2.75, 3.05) is 24.5 Å². The Labute approximate surface area is 127 Å². The average molecular weight is 286 g/mol. The zero-order valence-electron chi connectivity index (χ0n) is 13.1. The molecule has 0 aliphatic heterocycles. The Hall–Kier alpha value is -1.81. The summed E-state index contributed by atoms with van der Waals surface area (Å²) < 4.78 is 0. The first kappa shape index (κ1) is 15.6. The molecule has 0 saturated carbocycles. The summed E-state index contributed by atoms with van der Waals surface area (Å²) in [6.07, 6.45) is 5.78. The van der Waals surface area contributed by atoms with Crippen LogP contribution in [0.15, 0.2) is 36.7 Å². The number of nitrogens with zero attached hydrogens (tertiary/aromatic N) is 2. The SMILES string of the molecule is CCN(CC)c1ccc(CNCCCc2ncc[nH]2)cc1. The van der Waals surface area contributed by atoms with E-state index in [9.17, 15) is 0 Å². The molecule has 0 amide bonds. The number of aromatic amines is 1. The van der Waals surface area contributed by atoms with Crippen molar-refractivity contribution in [2.24, 2.45) is 0 Å². The van der Waals surface area contributed by atoms with Crippen molar-refractivity contribution in [1.82, 2.24) is 15.3 Å². The molecule has 0 aliphatic rings. The van der Waals surface area contributed by atoms with Crippen molar-refractivity contribution >= 4 is 5.69 Å². The normalized spacial score (nSPS) is 10.8. The maximum Gasteiger partial charge on any atom is 0.106 e. The summed E-state index contributed by atoms with van der Waals surface area (Å²) in [7, 11) is 0. The van der Waals surface area contributed by atoms with Gasteiger partial charge in [0.05, 0.1) is 0 Å². The molecule has 0 aliphatic carbocycles. The number of benzene rings is 1. The van der Waals surface area contributed by atoms with Crippen molar-refractivity contribution < 1.29 is 0 Å². The van der Waals surface area contributed by atoms with Gasteiger partial charge in [0.1, 0.15) is 5.82 Å². The number of H-pyrrole nitrogens is 1. The highest BCUT2D eigenvalue weighted by molar-refractivity contribution is 5.47. The summed E-state index contributed by atoms with van der Waals surface area (Å²) in [6, 6.07) is 8.86. The van der Waals surface area contributed by atoms with Gasteiger partial charge in [0.2, 0.25) is 0 Å². The number of hydrogen-bond acceptors (Lipinski definition) is 3. The summed E-state index contributed by atoms with van der Waals surface area (Å²) in [5.74, 6) is 1.07. The van der Waals surface area contributed by atoms with Crippen LogP contribution < -0.4 is 10.2 Å². The van der Waals surface area contributed by atoms with Gasteiger partial charge < -0.3 is 15.2 Å². The second kappa shape index (κ2) is 8.47. The van der Waals surface area contributed by atoms with E-state index in [0.717, 1.165) is 44.8 Å². The molecule has 1 aromatic carbocycles. The van der Waals surface area contributed by atoms with Crippen LogP contribution in [-0.4, -0.2) is 29.6 Å². The van der Waals surface area contributed by atoms with Crippen LogP contribution in [0.5, 0.6) is 0 Å². The Morgan fingerprint density at radius 2 is 1.90 bits per heavy atom. The van der Waals surface area contributed by atoms with Gasteiger partial charge in [-0.1, -0.05) is 12.1 Å². The zero-order chi connectivity index (χ0) is 14.9. The van der Waals surface area contributed by atoms with Crippen LogP contribution in [0.25, 0.3) is 0 Å². The van der Waals surface area contributed by atoms with E-state index in [1.54, 1.807) is 6.20 Å². The van der Waals surface area contributed by atoms with Crippen LogP contribution in [0.4, 0.5) is 5.69 Å². The van der Waals surface area contributed by atoms with Gasteiger partial charge in [0.25, 0.3) is 0 Å². The lowest BCUT2D eigenvalue weighted by molar-refractivity contribution is 0.641. The van der Waals surface area contributed by atoms with Crippen molar-refractivity contribution in [1.29, 1.82) is 0 Å². The van der Waals surface area contributed by atoms with Crippen LogP contribution in [0, 0.1) is 0 Å². The molecule has 0 fully saturated rings. The topological polar surface area (TPSA) is 44.0 Å². The average Bonchev–Trinajstić information content (AvgIpc) is 3.03. The highest BCUT2D eigenvalue weighted by atomic mass is 15.1. The second-order valence-corrected chi connectivity index (χ2v) is 5.15. The van der Waals surface area contributed by atoms with Gasteiger partial charge in [-0.25, -0.2) is 4.98 Å². The standard InChI is InChI=1S/C17H26N4/c1-3-21(4-2)16-9-7-15(8-10-16)14-18-11-5-6-17-19-12-13-20-17/h7-10,12-13,18H,3-6,11,14H2,1-2H3,(H,19,20). The Bertz CT molecular complexity index is 486. The fourth-order valence-electron chi connectivity index (χ4n) is 2.46. The lowest BCUT2D eigenvalue weighted by Crippen LogP contribution is -2.21. The quantitative estimate of drug-likeness (QED) is 0.697. The van der Waals surface area contributed by atoms with Crippen molar-refractivity contribution in [3.8, 4) is 0 Å². The molecule has 4 heteroatoms. The molecule has 114 valence electrons. The number of aromatic nitrogens is 2. The first-order valence-corrected chi connectivity index (χ1v) is 7.86. The minimum Gasteiger partial charge on any atom is -0.372 e. The van der Waals surface area contributed by atoms with E-state index in [2.05, 4.69) is 58.3 Å². The molecular formula is C17H26N4. The van der Waals surface area contributed by atoms with Crippen LogP contribution in [0.3, 0.4) is 0 Å². The summed E-state index contributed by atoms with van der Waals surface area (Å²) in [4.78, 5) is 9.72. The second-order valence-electron chi connectivity index (χ2n) is 5.15. The monoisotopic (exact) mass is 286 g/mol. The molecule has 2 aromatic rings. The van der Waals surface area contributed by atoms with Crippen LogP contribution in [-0.2, 0) is 13.0 Å². The molecule has 1 aromatic heterocycles. The van der Waals surface area contributed by atoms with E-state index in [1.807, 2.05) is 6.20 Å². The third-order valence-corrected chi connectivity index (χ3v) is 3.72. The third kappa shape index (κ3) is 4.90. The zero-order valence-corrected chi connectivity index (χ0v) is 13.1. The molecule has 0 saturated heterocycles. The third-order valence-electron chi connectivity index (χ3n) is 3.72. The van der Waals surface area contributed by atoms with E-state index in [-0.39, 0.29) is 0 Å². The first-order chi connectivity index (χ1) is 10.3. The van der Waals surface area contributed by atoms with Gasteiger partial charge in [-0.05, 0) is 44.5 Å². The number of imidazole rings is 1. The van der Waals surface area contributed by atoms with Crippen LogP contribution >= 0.6 is 0 Å². The van der Waals surface area contributed by atoms with Gasteiger partial charge in [-0.3, -0.25) is 0 Å². The molecule has 1 heterocycles. The van der Waals surface area contributed by atoms with Crippen molar-refractivity contribution in [2.45, 2.75) is 33.2 Å². The predicted molar refractivity (Wildman–Crippen MR) is 88.6 cm³/mol. The van der Waals surface area contributed by atoms with Gasteiger partial charge in [-0.15, -0.1) is 0 Å². The van der Waals surface area contributed by atoms with E-state index in [1.165, 1.54) is 11.3 Å². The lowest BCUT2D eigenvalue weighted by Gasteiger charge is -2.21. The van der Waals surface area contributed by atoms with Gasteiger partial charge >= 0.3 is 0 Å². The number of hydrogen-bond donors (Lipinski definition) is 2. The predicted octanol–water partition coefficient (Wildman–Crippen LogP) is 2.98. The molecule has 0 unspecified atom stereocenters. The lowest BCUT2D eigenvalue weighted by atomic mass is 10.2. The first-order valence-electron chi connectivity index (χ1n) is 7.86. The maximum atomic E-state index is 4.23. The summed E-state index contributed by atoms with van der Waals surface area (Å²) in [6.45, 7) is 8.44. The molecule has 0 spiro atoms. The minimum absolute atomic E-state index is 0.927. The van der Waals surface area contributed by atoms with Crippen LogP contribution in [0.2, 0.25) is 0 Å².